The van der Waals surface area contributed by atoms with Crippen LogP contribution in [0.2, 0.25) is 0 Å². The highest BCUT2D eigenvalue weighted by atomic mass is 32.2. The molecule has 0 atom stereocenters. The smallest absolute Gasteiger partial charge is 0.287 e. The Morgan fingerprint density at radius 2 is 1.93 bits per heavy atom. The number of hydrogen-bond donors (Lipinski definition) is 0. The largest absolute Gasteiger partial charge is 0.302 e. The molecule has 1 aromatic carbocycles. The molecule has 0 bridgehead atoms. The lowest BCUT2D eigenvalue weighted by Crippen LogP contribution is -2.09. The van der Waals surface area contributed by atoms with Gasteiger partial charge in [-0.05, 0) is 6.07 Å². The monoisotopic (exact) mass is 229 g/mol. The van der Waals surface area contributed by atoms with Crippen LogP contribution in [0.25, 0.3) is 0 Å². The molecule has 0 fully saturated rings. The van der Waals surface area contributed by atoms with E-state index in [0.717, 1.165) is 12.1 Å². The van der Waals surface area contributed by atoms with Crippen molar-refractivity contribution in [1.82, 2.24) is 0 Å². The number of aldehydes is 1. The van der Waals surface area contributed by atoms with E-state index >= 15 is 0 Å². The summed E-state index contributed by atoms with van der Waals surface area (Å²) in [4.78, 5) is 19.4. The number of sulfone groups is 1. The fourth-order valence-corrected chi connectivity index (χ4v) is 2.16. The van der Waals surface area contributed by atoms with E-state index < -0.39 is 31.1 Å². The van der Waals surface area contributed by atoms with Gasteiger partial charge in [0.25, 0.3) is 5.69 Å². The van der Waals surface area contributed by atoms with Crippen LogP contribution in [0.1, 0.15) is 0 Å². The summed E-state index contributed by atoms with van der Waals surface area (Å²) in [6, 6.07) is 4.91. The molecule has 0 aliphatic rings. The Kier molecular flexibility index (Phi) is 3.15. The zero-order valence-electron chi connectivity index (χ0n) is 7.49. The number of nitrogens with zero attached hydrogens (tertiary/aromatic N) is 1. The Bertz CT molecular complexity index is 494. The number of nitro groups is 1. The van der Waals surface area contributed by atoms with Crippen LogP contribution in [0.4, 0.5) is 5.69 Å². The lowest BCUT2D eigenvalue weighted by Gasteiger charge is -2.00. The van der Waals surface area contributed by atoms with Crippen molar-refractivity contribution >= 4 is 21.8 Å². The molecule has 0 saturated carbocycles. The molecule has 80 valence electrons. The molecule has 0 radical (unpaired) electrons. The van der Waals surface area contributed by atoms with Crippen LogP contribution in [0.15, 0.2) is 29.2 Å². The summed E-state index contributed by atoms with van der Waals surface area (Å²) in [5.41, 5.74) is -0.514. The van der Waals surface area contributed by atoms with Crippen LogP contribution in [-0.2, 0) is 14.6 Å². The van der Waals surface area contributed by atoms with Crippen molar-refractivity contribution in [2.24, 2.45) is 0 Å². The summed E-state index contributed by atoms with van der Waals surface area (Å²) in [5, 5.41) is 10.5. The second-order valence-electron chi connectivity index (χ2n) is 2.67. The van der Waals surface area contributed by atoms with E-state index in [2.05, 4.69) is 0 Å². The summed E-state index contributed by atoms with van der Waals surface area (Å²) >= 11 is 0. The molecule has 0 aliphatic heterocycles. The molecule has 15 heavy (non-hydrogen) atoms. The van der Waals surface area contributed by atoms with Gasteiger partial charge >= 0.3 is 0 Å². The van der Waals surface area contributed by atoms with Crippen molar-refractivity contribution in [2.45, 2.75) is 4.90 Å². The minimum atomic E-state index is -3.90. The number of benzene rings is 1. The second kappa shape index (κ2) is 4.18. The van der Waals surface area contributed by atoms with Gasteiger partial charge in [0.05, 0.1) is 4.92 Å². The molecule has 0 spiro atoms. The zero-order chi connectivity index (χ0) is 11.5. The summed E-state index contributed by atoms with van der Waals surface area (Å²) < 4.78 is 22.8. The first-order valence-corrected chi connectivity index (χ1v) is 5.54. The molecule has 0 heterocycles. The van der Waals surface area contributed by atoms with Crippen molar-refractivity contribution in [3.8, 4) is 0 Å². The van der Waals surface area contributed by atoms with Crippen molar-refractivity contribution in [3.05, 3.63) is 34.4 Å². The number of nitro benzene ring substituents is 1. The molecule has 0 amide bonds. The number of carbonyl (C=O) groups excluding carboxylic acids is 1. The van der Waals surface area contributed by atoms with Crippen LogP contribution < -0.4 is 0 Å². The van der Waals surface area contributed by atoms with E-state index in [4.69, 9.17) is 0 Å². The summed E-state index contributed by atoms with van der Waals surface area (Å²) in [6.07, 6.45) is 0.200. The van der Waals surface area contributed by atoms with Crippen LogP contribution in [0, 0.1) is 10.1 Å². The Morgan fingerprint density at radius 1 is 1.33 bits per heavy atom. The SMILES string of the molecule is O=CCS(=O)(=O)c1ccccc1[N+](=O)[O-]. The molecule has 0 unspecified atom stereocenters. The molecule has 0 N–H and O–H groups in total. The summed E-state index contributed by atoms with van der Waals surface area (Å²) in [7, 11) is -3.90. The van der Waals surface area contributed by atoms with E-state index in [1.54, 1.807) is 0 Å². The molecule has 6 nitrogen and oxygen atoms in total. The standard InChI is InChI=1S/C8H7NO5S/c10-5-6-15(13,14)8-4-2-1-3-7(8)9(11)12/h1-5H,6H2. The van der Waals surface area contributed by atoms with Gasteiger partial charge in [-0.2, -0.15) is 0 Å². The van der Waals surface area contributed by atoms with E-state index in [1.807, 2.05) is 0 Å². The van der Waals surface area contributed by atoms with Gasteiger partial charge < -0.3 is 4.79 Å². The minimum Gasteiger partial charge on any atom is -0.302 e. The molecule has 0 aromatic heterocycles. The topological polar surface area (TPSA) is 94.3 Å². The Labute approximate surface area is 85.6 Å². The normalized spacial score (nSPS) is 10.9. The maximum atomic E-state index is 11.4. The zero-order valence-corrected chi connectivity index (χ0v) is 8.31. The van der Waals surface area contributed by atoms with Crippen molar-refractivity contribution in [3.63, 3.8) is 0 Å². The van der Waals surface area contributed by atoms with Crippen LogP contribution in [0.5, 0.6) is 0 Å². The maximum Gasteiger partial charge on any atom is 0.287 e. The first-order valence-electron chi connectivity index (χ1n) is 3.89. The minimum absolute atomic E-state index is 0.200. The van der Waals surface area contributed by atoms with Crippen LogP contribution in [-0.4, -0.2) is 25.4 Å². The first kappa shape index (κ1) is 11.3. The molecular formula is C8H7NO5S. The quantitative estimate of drug-likeness (QED) is 0.427. The average Bonchev–Trinajstić information content (AvgIpc) is 2.17. The number of hydrogen-bond acceptors (Lipinski definition) is 5. The Morgan fingerprint density at radius 3 is 2.47 bits per heavy atom. The third-order valence-corrected chi connectivity index (χ3v) is 3.27. The Balaban J connectivity index is 3.37. The third kappa shape index (κ3) is 2.38. The fraction of sp³-hybridized carbons (Fsp3) is 0.125. The molecule has 0 saturated heterocycles. The van der Waals surface area contributed by atoms with Gasteiger partial charge in [0.15, 0.2) is 9.84 Å². The third-order valence-electron chi connectivity index (χ3n) is 1.68. The van der Waals surface area contributed by atoms with Gasteiger partial charge in [0.2, 0.25) is 0 Å². The molecule has 0 aliphatic carbocycles. The van der Waals surface area contributed by atoms with E-state index in [-0.39, 0.29) is 6.29 Å². The van der Waals surface area contributed by atoms with Crippen LogP contribution >= 0.6 is 0 Å². The van der Waals surface area contributed by atoms with E-state index in [0.29, 0.717) is 0 Å². The highest BCUT2D eigenvalue weighted by Gasteiger charge is 2.24. The van der Waals surface area contributed by atoms with Crippen molar-refractivity contribution < 1.29 is 18.1 Å². The van der Waals surface area contributed by atoms with Crippen molar-refractivity contribution in [1.29, 1.82) is 0 Å². The van der Waals surface area contributed by atoms with Crippen LogP contribution in [0.3, 0.4) is 0 Å². The number of para-hydroxylation sites is 1. The summed E-state index contributed by atoms with van der Waals surface area (Å²) in [5.74, 6) is -0.752. The molecular weight excluding hydrogens is 222 g/mol. The molecule has 7 heteroatoms. The highest BCUT2D eigenvalue weighted by Crippen LogP contribution is 2.23. The van der Waals surface area contributed by atoms with Gasteiger partial charge in [0, 0.05) is 6.07 Å². The van der Waals surface area contributed by atoms with E-state index in [9.17, 15) is 23.3 Å². The molecule has 1 aromatic rings. The van der Waals surface area contributed by atoms with Gasteiger partial charge in [-0.1, -0.05) is 12.1 Å². The maximum absolute atomic E-state index is 11.4. The first-order chi connectivity index (χ1) is 6.99. The predicted octanol–water partition coefficient (Wildman–Crippen LogP) is 0.567. The van der Waals surface area contributed by atoms with Gasteiger partial charge in [-0.3, -0.25) is 10.1 Å². The number of rotatable bonds is 4. The lowest BCUT2D eigenvalue weighted by atomic mass is 10.3. The lowest BCUT2D eigenvalue weighted by molar-refractivity contribution is -0.387. The van der Waals surface area contributed by atoms with E-state index in [1.165, 1.54) is 12.1 Å². The summed E-state index contributed by atoms with van der Waals surface area (Å²) in [6.45, 7) is 0. The number of carbonyl (C=O) groups is 1. The van der Waals surface area contributed by atoms with Gasteiger partial charge in [-0.25, -0.2) is 8.42 Å². The highest BCUT2D eigenvalue weighted by molar-refractivity contribution is 7.92. The second-order valence-corrected chi connectivity index (χ2v) is 4.68. The predicted molar refractivity (Wildman–Crippen MR) is 51.2 cm³/mol. The van der Waals surface area contributed by atoms with Gasteiger partial charge in [-0.15, -0.1) is 0 Å². The fourth-order valence-electron chi connectivity index (χ4n) is 1.05. The van der Waals surface area contributed by atoms with Crippen molar-refractivity contribution in [2.75, 3.05) is 5.75 Å². The van der Waals surface area contributed by atoms with Gasteiger partial charge in [0.1, 0.15) is 16.9 Å². The molecule has 1 rings (SSSR count). The Hall–Kier alpha value is -1.76. The average molecular weight is 229 g/mol.